The van der Waals surface area contributed by atoms with Gasteiger partial charge in [0.15, 0.2) is 0 Å². The second-order valence-corrected chi connectivity index (χ2v) is 5.12. The van der Waals surface area contributed by atoms with Crippen molar-refractivity contribution >= 4 is 5.91 Å². The Bertz CT molecular complexity index is 262. The number of ether oxygens (including phenoxy) is 1. The van der Waals surface area contributed by atoms with Crippen LogP contribution in [0.3, 0.4) is 0 Å². The van der Waals surface area contributed by atoms with Crippen LogP contribution in [-0.4, -0.2) is 43.2 Å². The van der Waals surface area contributed by atoms with E-state index in [2.05, 4.69) is 0 Å². The van der Waals surface area contributed by atoms with E-state index in [-0.39, 0.29) is 17.4 Å². The van der Waals surface area contributed by atoms with Crippen LogP contribution < -0.4 is 5.73 Å². The molecule has 4 nitrogen and oxygen atoms in total. The molecule has 1 aliphatic heterocycles. The molecule has 0 spiro atoms. The minimum Gasteiger partial charge on any atom is -0.375 e. The molecule has 0 radical (unpaired) electrons. The fraction of sp³-hybridized carbons (Fsp3) is 0.917. The first kappa shape index (κ1) is 11.9. The molecule has 2 N–H and O–H groups in total. The van der Waals surface area contributed by atoms with Crippen LogP contribution in [0.1, 0.15) is 32.6 Å². The Morgan fingerprint density at radius 2 is 2.19 bits per heavy atom. The van der Waals surface area contributed by atoms with Crippen LogP contribution in [0.2, 0.25) is 0 Å². The zero-order valence-corrected chi connectivity index (χ0v) is 10.1. The van der Waals surface area contributed by atoms with Crippen molar-refractivity contribution in [2.45, 2.75) is 38.7 Å². The first-order valence-electron chi connectivity index (χ1n) is 6.29. The van der Waals surface area contributed by atoms with Gasteiger partial charge >= 0.3 is 0 Å². The molecule has 2 fully saturated rings. The fourth-order valence-corrected chi connectivity index (χ4v) is 2.90. The molecular weight excluding hydrogens is 204 g/mol. The van der Waals surface area contributed by atoms with E-state index in [0.29, 0.717) is 13.2 Å². The fourth-order valence-electron chi connectivity index (χ4n) is 2.90. The summed E-state index contributed by atoms with van der Waals surface area (Å²) in [7, 11) is 0. The van der Waals surface area contributed by atoms with Crippen molar-refractivity contribution in [2.24, 2.45) is 11.1 Å². The predicted octanol–water partition coefficient (Wildman–Crippen LogP) is 0.753. The molecule has 0 aromatic carbocycles. The molecule has 0 bridgehead atoms. The summed E-state index contributed by atoms with van der Waals surface area (Å²) in [6.45, 7) is 4.62. The summed E-state index contributed by atoms with van der Waals surface area (Å²) in [5, 5.41) is 0. The monoisotopic (exact) mass is 226 g/mol. The lowest BCUT2D eigenvalue weighted by molar-refractivity contribution is -0.148. The van der Waals surface area contributed by atoms with Gasteiger partial charge in [0.1, 0.15) is 0 Å². The Balaban J connectivity index is 2.04. The van der Waals surface area contributed by atoms with Gasteiger partial charge < -0.3 is 15.4 Å². The van der Waals surface area contributed by atoms with Crippen molar-refractivity contribution < 1.29 is 9.53 Å². The van der Waals surface area contributed by atoms with Gasteiger partial charge in [0.05, 0.1) is 18.1 Å². The van der Waals surface area contributed by atoms with E-state index in [1.165, 1.54) is 0 Å². The zero-order chi connectivity index (χ0) is 11.6. The molecule has 1 heterocycles. The second kappa shape index (κ2) is 4.72. The van der Waals surface area contributed by atoms with Gasteiger partial charge in [-0.2, -0.15) is 0 Å². The number of amides is 1. The third kappa shape index (κ3) is 2.09. The summed E-state index contributed by atoms with van der Waals surface area (Å²) in [6, 6.07) is 0. The maximum Gasteiger partial charge on any atom is 0.230 e. The molecular formula is C12H22N2O2. The van der Waals surface area contributed by atoms with E-state index in [1.807, 2.05) is 11.8 Å². The van der Waals surface area contributed by atoms with Crippen LogP contribution >= 0.6 is 0 Å². The third-order valence-corrected chi connectivity index (χ3v) is 3.93. The van der Waals surface area contributed by atoms with Crippen molar-refractivity contribution in [1.29, 1.82) is 0 Å². The molecule has 1 unspecified atom stereocenters. The third-order valence-electron chi connectivity index (χ3n) is 3.93. The second-order valence-electron chi connectivity index (χ2n) is 5.12. The molecule has 4 heteroatoms. The zero-order valence-electron chi connectivity index (χ0n) is 10.1. The van der Waals surface area contributed by atoms with Gasteiger partial charge in [-0.15, -0.1) is 0 Å². The topological polar surface area (TPSA) is 55.6 Å². The van der Waals surface area contributed by atoms with E-state index in [9.17, 15) is 4.79 Å². The lowest BCUT2D eigenvalue weighted by atomic mass is 9.84. The highest BCUT2D eigenvalue weighted by Crippen LogP contribution is 2.39. The highest BCUT2D eigenvalue weighted by Gasteiger charge is 2.42. The number of carbonyl (C=O) groups excluding carboxylic acids is 1. The van der Waals surface area contributed by atoms with Crippen molar-refractivity contribution in [3.8, 4) is 0 Å². The molecule has 0 aromatic rings. The maximum absolute atomic E-state index is 12.5. The molecule has 92 valence electrons. The van der Waals surface area contributed by atoms with Gasteiger partial charge in [0.2, 0.25) is 5.91 Å². The Kier molecular flexibility index (Phi) is 3.50. The van der Waals surface area contributed by atoms with E-state index >= 15 is 0 Å². The van der Waals surface area contributed by atoms with E-state index in [0.717, 1.165) is 38.8 Å². The summed E-state index contributed by atoms with van der Waals surface area (Å²) >= 11 is 0. The summed E-state index contributed by atoms with van der Waals surface area (Å²) in [6.07, 6.45) is 4.38. The van der Waals surface area contributed by atoms with Crippen LogP contribution in [0.4, 0.5) is 0 Å². The summed E-state index contributed by atoms with van der Waals surface area (Å²) in [5.74, 6) is 0.266. The molecule has 2 rings (SSSR count). The molecule has 1 atom stereocenters. The largest absolute Gasteiger partial charge is 0.375 e. The Morgan fingerprint density at radius 1 is 1.50 bits per heavy atom. The highest BCUT2D eigenvalue weighted by molar-refractivity contribution is 5.83. The Labute approximate surface area is 97.1 Å². The number of hydrogen-bond donors (Lipinski definition) is 1. The van der Waals surface area contributed by atoms with E-state index in [4.69, 9.17) is 10.5 Å². The van der Waals surface area contributed by atoms with Crippen LogP contribution in [0.25, 0.3) is 0 Å². The van der Waals surface area contributed by atoms with E-state index in [1.54, 1.807) is 0 Å². The quantitative estimate of drug-likeness (QED) is 0.756. The van der Waals surface area contributed by atoms with Gasteiger partial charge in [-0.25, -0.2) is 0 Å². The lowest BCUT2D eigenvalue weighted by Gasteiger charge is -2.37. The summed E-state index contributed by atoms with van der Waals surface area (Å²) < 4.78 is 5.46. The van der Waals surface area contributed by atoms with Crippen molar-refractivity contribution in [3.63, 3.8) is 0 Å². The number of rotatable bonds is 2. The van der Waals surface area contributed by atoms with Crippen molar-refractivity contribution in [1.82, 2.24) is 4.90 Å². The Hall–Kier alpha value is -0.610. The van der Waals surface area contributed by atoms with Gasteiger partial charge in [-0.1, -0.05) is 12.8 Å². The average molecular weight is 226 g/mol. The van der Waals surface area contributed by atoms with Crippen LogP contribution in [0.5, 0.6) is 0 Å². The number of morpholine rings is 1. The molecule has 1 aliphatic carbocycles. The first-order valence-corrected chi connectivity index (χ1v) is 6.29. The van der Waals surface area contributed by atoms with Gasteiger partial charge in [-0.05, 0) is 19.8 Å². The standard InChI is InChI=1S/C12H22N2O2/c1-10-8-14(6-7-16-10)11(15)12(9-13)4-2-3-5-12/h10H,2-9,13H2,1H3. The molecule has 16 heavy (non-hydrogen) atoms. The minimum absolute atomic E-state index is 0.161. The molecule has 1 saturated carbocycles. The van der Waals surface area contributed by atoms with Crippen molar-refractivity contribution in [3.05, 3.63) is 0 Å². The first-order chi connectivity index (χ1) is 7.68. The number of hydrogen-bond acceptors (Lipinski definition) is 3. The smallest absolute Gasteiger partial charge is 0.230 e. The highest BCUT2D eigenvalue weighted by atomic mass is 16.5. The molecule has 1 saturated heterocycles. The van der Waals surface area contributed by atoms with Crippen LogP contribution in [-0.2, 0) is 9.53 Å². The maximum atomic E-state index is 12.5. The predicted molar refractivity (Wildman–Crippen MR) is 61.9 cm³/mol. The Morgan fingerprint density at radius 3 is 2.75 bits per heavy atom. The normalized spacial score (nSPS) is 29.4. The molecule has 1 amide bonds. The van der Waals surface area contributed by atoms with Gasteiger partial charge in [0.25, 0.3) is 0 Å². The summed E-state index contributed by atoms with van der Waals surface area (Å²) in [5.41, 5.74) is 5.58. The minimum atomic E-state index is -0.253. The van der Waals surface area contributed by atoms with Crippen LogP contribution in [0, 0.1) is 5.41 Å². The van der Waals surface area contributed by atoms with Crippen LogP contribution in [0.15, 0.2) is 0 Å². The molecule has 0 aromatic heterocycles. The molecule has 2 aliphatic rings. The average Bonchev–Trinajstić information content (AvgIpc) is 2.78. The number of nitrogens with two attached hydrogens (primary N) is 1. The van der Waals surface area contributed by atoms with E-state index < -0.39 is 0 Å². The lowest BCUT2D eigenvalue weighted by Crippen LogP contribution is -2.52. The number of nitrogens with zero attached hydrogens (tertiary/aromatic N) is 1. The number of carbonyl (C=O) groups is 1. The van der Waals surface area contributed by atoms with Gasteiger partial charge in [-0.3, -0.25) is 4.79 Å². The SMILES string of the molecule is CC1CN(C(=O)C2(CN)CCCC2)CCO1. The summed E-state index contributed by atoms with van der Waals surface area (Å²) in [4.78, 5) is 14.4. The van der Waals surface area contributed by atoms with Crippen molar-refractivity contribution in [2.75, 3.05) is 26.2 Å². The van der Waals surface area contributed by atoms with Gasteiger partial charge in [0, 0.05) is 19.6 Å².